The minimum Gasteiger partial charge on any atom is -0.465 e. The Morgan fingerprint density at radius 1 is 1.23 bits per heavy atom. The maximum absolute atomic E-state index is 14.3. The van der Waals surface area contributed by atoms with Crippen molar-refractivity contribution in [3.63, 3.8) is 0 Å². The highest BCUT2D eigenvalue weighted by atomic mass is 19.1. The zero-order chi connectivity index (χ0) is 25.5. The van der Waals surface area contributed by atoms with Crippen LogP contribution in [0, 0.1) is 18.2 Å². The molecule has 1 aliphatic heterocycles. The molecule has 11 heteroatoms. The summed E-state index contributed by atoms with van der Waals surface area (Å²) in [4.78, 5) is 40.6. The molecule has 35 heavy (non-hydrogen) atoms. The maximum Gasteiger partial charge on any atom is 0.407 e. The van der Waals surface area contributed by atoms with Gasteiger partial charge in [-0.25, -0.2) is 24.1 Å². The van der Waals surface area contributed by atoms with Crippen molar-refractivity contribution in [1.29, 1.82) is 0 Å². The normalized spacial score (nSPS) is 18.5. The number of piperidine rings is 1. The second-order valence-corrected chi connectivity index (χ2v) is 10.1. The van der Waals surface area contributed by atoms with Gasteiger partial charge in [-0.2, -0.15) is 0 Å². The lowest BCUT2D eigenvalue weighted by molar-refractivity contribution is 0.0527. The number of amides is 2. The first kappa shape index (κ1) is 24.4. The third kappa shape index (κ3) is 5.03. The Hall–Kier alpha value is -3.76. The van der Waals surface area contributed by atoms with Crippen LogP contribution in [0.4, 0.5) is 20.7 Å². The average Bonchev–Trinajstić information content (AvgIpc) is 3.18. The molecule has 0 radical (unpaired) electrons. The monoisotopic (exact) mass is 483 g/mol. The lowest BCUT2D eigenvalue weighted by Gasteiger charge is -2.46. The molecule has 4 rings (SSSR count). The number of aryl methyl sites for hydroxylation is 1. The highest BCUT2D eigenvalue weighted by molar-refractivity contribution is 6.02. The largest absolute Gasteiger partial charge is 0.465 e. The molecule has 3 aromatic heterocycles. The highest BCUT2D eigenvalue weighted by Crippen LogP contribution is 2.34. The molecule has 10 nitrogen and oxygen atoms in total. The Balaban J connectivity index is 1.45. The number of rotatable bonds is 4. The molecule has 2 atom stereocenters. The van der Waals surface area contributed by atoms with E-state index >= 15 is 0 Å². The second kappa shape index (κ2) is 9.12. The Labute approximate surface area is 202 Å². The van der Waals surface area contributed by atoms with Crippen LogP contribution in [0.25, 0.3) is 5.65 Å². The number of fused-ring (bicyclic) bond motifs is 1. The number of hydrogen-bond donors (Lipinski definition) is 2. The molecule has 1 aliphatic rings. The molecule has 3 aromatic rings. The number of nitrogens with zero attached hydrogens (tertiary/aromatic N) is 6. The lowest BCUT2D eigenvalue weighted by atomic mass is 9.79. The predicted molar refractivity (Wildman–Crippen MR) is 129 cm³/mol. The molecular weight excluding hydrogens is 453 g/mol. The van der Waals surface area contributed by atoms with Gasteiger partial charge in [0.25, 0.3) is 5.91 Å². The summed E-state index contributed by atoms with van der Waals surface area (Å²) in [6.07, 6.45) is 6.59. The van der Waals surface area contributed by atoms with Gasteiger partial charge in [-0.15, -0.1) is 0 Å². The fraction of sp³-hybridized carbons (Fsp3) is 0.458. The summed E-state index contributed by atoms with van der Waals surface area (Å²) in [5, 5.41) is 12.2. The topological polar surface area (TPSA) is 116 Å². The van der Waals surface area contributed by atoms with Crippen LogP contribution >= 0.6 is 0 Å². The molecule has 1 fully saturated rings. The molecule has 186 valence electrons. The number of pyridine rings is 1. The Morgan fingerprint density at radius 3 is 2.60 bits per heavy atom. The third-order valence-corrected chi connectivity index (χ3v) is 6.48. The van der Waals surface area contributed by atoms with Gasteiger partial charge in [-0.1, -0.05) is 20.8 Å². The van der Waals surface area contributed by atoms with E-state index < -0.39 is 17.8 Å². The lowest BCUT2D eigenvalue weighted by Crippen LogP contribution is -2.55. The fourth-order valence-electron chi connectivity index (χ4n) is 4.60. The minimum absolute atomic E-state index is 0.0807. The van der Waals surface area contributed by atoms with E-state index in [0.29, 0.717) is 30.9 Å². The summed E-state index contributed by atoms with van der Waals surface area (Å²) in [7, 11) is 1.90. The molecule has 0 saturated carbocycles. The van der Waals surface area contributed by atoms with Gasteiger partial charge < -0.3 is 24.6 Å². The second-order valence-electron chi connectivity index (χ2n) is 10.1. The predicted octanol–water partition coefficient (Wildman–Crippen LogP) is 3.82. The fourth-order valence-corrected chi connectivity index (χ4v) is 4.60. The van der Waals surface area contributed by atoms with Gasteiger partial charge in [0.15, 0.2) is 11.5 Å². The van der Waals surface area contributed by atoms with Crippen LogP contribution < -0.4 is 10.2 Å². The van der Waals surface area contributed by atoms with E-state index in [1.165, 1.54) is 27.8 Å². The van der Waals surface area contributed by atoms with E-state index in [0.717, 1.165) is 0 Å². The first-order valence-corrected chi connectivity index (χ1v) is 11.4. The van der Waals surface area contributed by atoms with Gasteiger partial charge >= 0.3 is 6.09 Å². The van der Waals surface area contributed by atoms with Crippen LogP contribution in [0.2, 0.25) is 0 Å². The number of halogens is 1. The molecule has 2 amide bonds. The summed E-state index contributed by atoms with van der Waals surface area (Å²) in [6, 6.07) is 1.16. The van der Waals surface area contributed by atoms with Crippen LogP contribution in [0.15, 0.2) is 30.9 Å². The third-order valence-electron chi connectivity index (χ3n) is 6.48. The van der Waals surface area contributed by atoms with Gasteiger partial charge in [0, 0.05) is 44.1 Å². The summed E-state index contributed by atoms with van der Waals surface area (Å²) >= 11 is 0. The van der Waals surface area contributed by atoms with Crippen molar-refractivity contribution in [2.75, 3.05) is 23.8 Å². The van der Waals surface area contributed by atoms with Crippen molar-refractivity contribution in [3.8, 4) is 0 Å². The van der Waals surface area contributed by atoms with Gasteiger partial charge in [-0.05, 0) is 25.2 Å². The van der Waals surface area contributed by atoms with Crippen LogP contribution in [-0.4, -0.2) is 67.0 Å². The minimum atomic E-state index is -0.900. The summed E-state index contributed by atoms with van der Waals surface area (Å²) in [5.74, 6) is -0.462. The Kier molecular flexibility index (Phi) is 6.35. The van der Waals surface area contributed by atoms with Crippen molar-refractivity contribution in [2.45, 2.75) is 52.6 Å². The van der Waals surface area contributed by atoms with Crippen molar-refractivity contribution in [3.05, 3.63) is 48.1 Å². The maximum atomic E-state index is 14.3. The number of nitrogens with one attached hydrogen (secondary N) is 1. The number of anilines is 2. The SMILES string of the molecule is Cc1cn2cc(NC(=O)c3cnc(N(C)C4CCN(C(=O)O)C(C(C)(C)C)C4)cn3)cc(F)c2n1. The van der Waals surface area contributed by atoms with Crippen LogP contribution in [0.3, 0.4) is 0 Å². The molecule has 1 saturated heterocycles. The summed E-state index contributed by atoms with van der Waals surface area (Å²) < 4.78 is 15.8. The van der Waals surface area contributed by atoms with Crippen molar-refractivity contribution in [2.24, 2.45) is 5.41 Å². The molecule has 0 aromatic carbocycles. The molecule has 0 spiro atoms. The van der Waals surface area contributed by atoms with E-state index in [2.05, 4.69) is 20.3 Å². The van der Waals surface area contributed by atoms with E-state index in [1.807, 2.05) is 32.7 Å². The molecule has 2 N–H and O–H groups in total. The van der Waals surface area contributed by atoms with Crippen molar-refractivity contribution < 1.29 is 19.1 Å². The van der Waals surface area contributed by atoms with Gasteiger partial charge in [0.2, 0.25) is 0 Å². The van der Waals surface area contributed by atoms with Crippen molar-refractivity contribution >= 4 is 29.2 Å². The standard InChI is InChI=1S/C24H30FN7O3/c1-14-12-31-13-15(8-17(25)21(31)28-14)29-22(33)18-10-27-20(11-26-18)30(5)16-6-7-32(23(34)35)19(9-16)24(2,3)4/h8,10-13,16,19H,6-7,9H2,1-5H3,(H,29,33)(H,34,35). The number of hydrogen-bond acceptors (Lipinski definition) is 6. The quantitative estimate of drug-likeness (QED) is 0.580. The van der Waals surface area contributed by atoms with E-state index in [-0.39, 0.29) is 34.5 Å². The molecule has 2 unspecified atom stereocenters. The van der Waals surface area contributed by atoms with Crippen LogP contribution in [0.1, 0.15) is 49.8 Å². The smallest absolute Gasteiger partial charge is 0.407 e. The van der Waals surface area contributed by atoms with E-state index in [4.69, 9.17) is 0 Å². The highest BCUT2D eigenvalue weighted by Gasteiger charge is 2.40. The summed E-state index contributed by atoms with van der Waals surface area (Å²) in [6.45, 7) is 8.33. The van der Waals surface area contributed by atoms with E-state index in [1.54, 1.807) is 19.3 Å². The van der Waals surface area contributed by atoms with Gasteiger partial charge in [-0.3, -0.25) is 4.79 Å². The molecule has 0 bridgehead atoms. The number of carbonyl (C=O) groups is 2. The Bertz CT molecular complexity index is 1250. The van der Waals surface area contributed by atoms with E-state index in [9.17, 15) is 19.1 Å². The Morgan fingerprint density at radius 2 is 1.97 bits per heavy atom. The zero-order valence-corrected chi connectivity index (χ0v) is 20.5. The average molecular weight is 484 g/mol. The van der Waals surface area contributed by atoms with Gasteiger partial charge in [0.05, 0.1) is 23.8 Å². The van der Waals surface area contributed by atoms with Crippen molar-refractivity contribution in [1.82, 2.24) is 24.3 Å². The van der Waals surface area contributed by atoms with Crippen LogP contribution in [-0.2, 0) is 0 Å². The molecular formula is C24H30FN7O3. The number of imidazole rings is 1. The summed E-state index contributed by atoms with van der Waals surface area (Å²) in [5.41, 5.74) is 1.02. The number of carboxylic acid groups (broad SMARTS) is 1. The first-order valence-electron chi connectivity index (χ1n) is 11.4. The number of likely N-dealkylation sites (tertiary alicyclic amines) is 1. The number of carbonyl (C=O) groups excluding carboxylic acids is 1. The van der Waals surface area contributed by atoms with Gasteiger partial charge in [0.1, 0.15) is 11.5 Å². The number of aromatic nitrogens is 4. The molecule has 0 aliphatic carbocycles. The van der Waals surface area contributed by atoms with Crippen LogP contribution in [0.5, 0.6) is 0 Å². The first-order chi connectivity index (χ1) is 16.4. The molecule has 4 heterocycles. The zero-order valence-electron chi connectivity index (χ0n) is 20.5.